The van der Waals surface area contributed by atoms with Gasteiger partial charge in [-0.3, -0.25) is 4.79 Å². The van der Waals surface area contributed by atoms with Gasteiger partial charge in [-0.25, -0.2) is 4.98 Å². The van der Waals surface area contributed by atoms with E-state index in [-0.39, 0.29) is 12.3 Å². The number of benzene rings is 2. The molecule has 1 amide bonds. The molecule has 170 valence electrons. The topological polar surface area (TPSA) is 63.7 Å². The van der Waals surface area contributed by atoms with Gasteiger partial charge in [-0.1, -0.05) is 6.07 Å². The van der Waals surface area contributed by atoms with Gasteiger partial charge in [0.15, 0.2) is 11.5 Å². The maximum absolute atomic E-state index is 12.7. The quantitative estimate of drug-likeness (QED) is 0.464. The van der Waals surface area contributed by atoms with Crippen LogP contribution in [0.2, 0.25) is 0 Å². The van der Waals surface area contributed by atoms with Crippen molar-refractivity contribution in [3.8, 4) is 11.5 Å². The number of nitrogens with zero attached hydrogens (tertiary/aromatic N) is 2. The first-order chi connectivity index (χ1) is 15.5. The highest BCUT2D eigenvalue weighted by Gasteiger charge is 2.12. The Morgan fingerprint density at radius 3 is 2.34 bits per heavy atom. The van der Waals surface area contributed by atoms with Crippen molar-refractivity contribution < 1.29 is 14.3 Å². The van der Waals surface area contributed by atoms with Crippen molar-refractivity contribution in [1.82, 2.24) is 4.98 Å². The molecule has 6 heteroatoms. The van der Waals surface area contributed by atoms with Gasteiger partial charge in [-0.05, 0) is 82.1 Å². The molecule has 0 aliphatic carbocycles. The fourth-order valence-electron chi connectivity index (χ4n) is 3.76. The first-order valence-electron chi connectivity index (χ1n) is 11.3. The monoisotopic (exact) mass is 435 g/mol. The van der Waals surface area contributed by atoms with E-state index in [0.717, 1.165) is 46.6 Å². The van der Waals surface area contributed by atoms with Crippen LogP contribution in [0.25, 0.3) is 10.9 Å². The number of rotatable bonds is 10. The highest BCUT2D eigenvalue weighted by atomic mass is 16.5. The summed E-state index contributed by atoms with van der Waals surface area (Å²) in [6, 6.07) is 13.6. The lowest BCUT2D eigenvalue weighted by atomic mass is 10.1. The molecule has 0 aliphatic rings. The Balaban J connectivity index is 1.76. The maximum atomic E-state index is 12.7. The third-order valence-electron chi connectivity index (χ3n) is 5.35. The first-order valence-corrected chi connectivity index (χ1v) is 11.3. The fraction of sp³-hybridized carbons (Fsp3) is 0.385. The molecule has 1 aromatic heterocycles. The van der Waals surface area contributed by atoms with Crippen molar-refractivity contribution >= 4 is 28.3 Å². The predicted molar refractivity (Wildman–Crippen MR) is 131 cm³/mol. The van der Waals surface area contributed by atoms with E-state index in [1.165, 1.54) is 0 Å². The molecule has 0 aliphatic heterocycles. The zero-order valence-corrected chi connectivity index (χ0v) is 19.7. The minimum atomic E-state index is -0.0821. The van der Waals surface area contributed by atoms with Crippen LogP contribution in [-0.2, 0) is 11.2 Å². The van der Waals surface area contributed by atoms with E-state index in [9.17, 15) is 4.79 Å². The second-order valence-electron chi connectivity index (χ2n) is 7.57. The summed E-state index contributed by atoms with van der Waals surface area (Å²) in [6.45, 7) is 13.1. The number of carbonyl (C=O) groups excluding carboxylic acids is 1. The number of pyridine rings is 1. The third-order valence-corrected chi connectivity index (χ3v) is 5.35. The van der Waals surface area contributed by atoms with Gasteiger partial charge in [-0.15, -0.1) is 0 Å². The number of amides is 1. The summed E-state index contributed by atoms with van der Waals surface area (Å²) in [5.74, 6) is 2.26. The molecule has 0 saturated carbocycles. The van der Waals surface area contributed by atoms with E-state index in [0.29, 0.717) is 24.7 Å². The van der Waals surface area contributed by atoms with E-state index >= 15 is 0 Å². The molecular formula is C26H33N3O3. The maximum Gasteiger partial charge on any atom is 0.228 e. The average molecular weight is 436 g/mol. The van der Waals surface area contributed by atoms with Crippen LogP contribution >= 0.6 is 0 Å². The molecule has 1 heterocycles. The Morgan fingerprint density at radius 1 is 0.938 bits per heavy atom. The Morgan fingerprint density at radius 2 is 1.66 bits per heavy atom. The van der Waals surface area contributed by atoms with Crippen LogP contribution in [-0.4, -0.2) is 37.2 Å². The van der Waals surface area contributed by atoms with Crippen LogP contribution in [0.5, 0.6) is 11.5 Å². The smallest absolute Gasteiger partial charge is 0.228 e. The van der Waals surface area contributed by atoms with Crippen molar-refractivity contribution in [3.63, 3.8) is 0 Å². The molecular weight excluding hydrogens is 402 g/mol. The first kappa shape index (κ1) is 23.4. The van der Waals surface area contributed by atoms with Crippen LogP contribution < -0.4 is 19.7 Å². The van der Waals surface area contributed by atoms with Crippen LogP contribution in [0.4, 0.5) is 11.5 Å². The molecule has 0 saturated heterocycles. The number of carbonyl (C=O) groups is 1. The van der Waals surface area contributed by atoms with Crippen LogP contribution in [0, 0.1) is 6.92 Å². The van der Waals surface area contributed by atoms with E-state index in [2.05, 4.69) is 37.1 Å². The van der Waals surface area contributed by atoms with Crippen LogP contribution in [0.1, 0.15) is 38.8 Å². The Hall–Kier alpha value is -3.28. The number of nitrogens with one attached hydrogen (secondary N) is 1. The van der Waals surface area contributed by atoms with Crippen molar-refractivity contribution in [1.29, 1.82) is 0 Å². The van der Waals surface area contributed by atoms with Gasteiger partial charge in [0.2, 0.25) is 5.91 Å². The summed E-state index contributed by atoms with van der Waals surface area (Å²) in [6.07, 6.45) is 0.253. The fourth-order valence-corrected chi connectivity index (χ4v) is 3.76. The molecule has 0 bridgehead atoms. The Labute approximate surface area is 190 Å². The Kier molecular flexibility index (Phi) is 7.92. The molecule has 32 heavy (non-hydrogen) atoms. The Bertz CT molecular complexity index is 1080. The predicted octanol–water partition coefficient (Wildman–Crippen LogP) is 5.37. The molecule has 1 N–H and O–H groups in total. The number of fused-ring (bicyclic) bond motifs is 1. The molecule has 0 atom stereocenters. The zero-order chi connectivity index (χ0) is 23.1. The number of aryl methyl sites for hydroxylation is 1. The van der Waals surface area contributed by atoms with Gasteiger partial charge < -0.3 is 19.7 Å². The largest absolute Gasteiger partial charge is 0.490 e. The number of aromatic nitrogens is 1. The highest BCUT2D eigenvalue weighted by molar-refractivity contribution is 5.95. The number of hydrogen-bond donors (Lipinski definition) is 1. The number of hydrogen-bond acceptors (Lipinski definition) is 5. The van der Waals surface area contributed by atoms with Crippen molar-refractivity contribution in [2.45, 2.75) is 41.0 Å². The van der Waals surface area contributed by atoms with Gasteiger partial charge in [0.1, 0.15) is 5.82 Å². The van der Waals surface area contributed by atoms with Gasteiger partial charge >= 0.3 is 0 Å². The minimum absolute atomic E-state index is 0.0821. The molecule has 0 unspecified atom stereocenters. The minimum Gasteiger partial charge on any atom is -0.490 e. The molecule has 2 aromatic carbocycles. The summed E-state index contributed by atoms with van der Waals surface area (Å²) in [7, 11) is 0. The van der Waals surface area contributed by atoms with Crippen molar-refractivity contribution in [2.75, 3.05) is 36.5 Å². The normalized spacial score (nSPS) is 10.8. The lowest BCUT2D eigenvalue weighted by molar-refractivity contribution is -0.115. The summed E-state index contributed by atoms with van der Waals surface area (Å²) in [4.78, 5) is 19.7. The molecule has 3 aromatic rings. The molecule has 0 fully saturated rings. The number of anilines is 2. The van der Waals surface area contributed by atoms with Crippen molar-refractivity contribution in [2.24, 2.45) is 0 Å². The summed E-state index contributed by atoms with van der Waals surface area (Å²) < 4.78 is 11.3. The molecule has 6 nitrogen and oxygen atoms in total. The number of ether oxygens (including phenoxy) is 2. The zero-order valence-electron chi connectivity index (χ0n) is 19.7. The average Bonchev–Trinajstić information content (AvgIpc) is 2.77. The third kappa shape index (κ3) is 5.49. The molecule has 3 rings (SSSR count). The standard InChI is InChI=1S/C26H33N3O3/c1-6-29(7-2)25-14-18(5)21-17-20(11-12-22(21)28-25)27-26(30)16-19-10-13-23(31-8-3)24(15-19)32-9-4/h10-15,17H,6-9,16H2,1-5H3,(H,27,30). The SMILES string of the molecule is CCOc1ccc(CC(=O)Nc2ccc3nc(N(CC)CC)cc(C)c3c2)cc1OCC. The van der Waals surface area contributed by atoms with E-state index in [1.807, 2.05) is 50.2 Å². The second-order valence-corrected chi connectivity index (χ2v) is 7.57. The van der Waals surface area contributed by atoms with Gasteiger partial charge in [0.05, 0.1) is 25.2 Å². The lowest BCUT2D eigenvalue weighted by Crippen LogP contribution is -2.23. The van der Waals surface area contributed by atoms with Gasteiger partial charge in [0.25, 0.3) is 0 Å². The van der Waals surface area contributed by atoms with Gasteiger partial charge in [-0.2, -0.15) is 0 Å². The molecule has 0 spiro atoms. The summed E-state index contributed by atoms with van der Waals surface area (Å²) in [5.41, 5.74) is 3.70. The second kappa shape index (κ2) is 10.8. The van der Waals surface area contributed by atoms with E-state index in [1.54, 1.807) is 0 Å². The highest BCUT2D eigenvalue weighted by Crippen LogP contribution is 2.29. The van der Waals surface area contributed by atoms with Crippen LogP contribution in [0.3, 0.4) is 0 Å². The van der Waals surface area contributed by atoms with Gasteiger partial charge in [0, 0.05) is 24.2 Å². The molecule has 0 radical (unpaired) electrons. The van der Waals surface area contributed by atoms with Crippen LogP contribution in [0.15, 0.2) is 42.5 Å². The van der Waals surface area contributed by atoms with Crippen molar-refractivity contribution in [3.05, 3.63) is 53.6 Å². The summed E-state index contributed by atoms with van der Waals surface area (Å²) in [5, 5.41) is 4.05. The van der Waals surface area contributed by atoms with E-state index in [4.69, 9.17) is 14.5 Å². The van der Waals surface area contributed by atoms with E-state index < -0.39 is 0 Å². The summed E-state index contributed by atoms with van der Waals surface area (Å²) >= 11 is 0. The lowest BCUT2D eigenvalue weighted by Gasteiger charge is -2.21.